The van der Waals surface area contributed by atoms with Crippen LogP contribution in [0.15, 0.2) is 48.5 Å². The van der Waals surface area contributed by atoms with Gasteiger partial charge >= 0.3 is 5.97 Å². The average Bonchev–Trinajstić information content (AvgIpc) is 2.70. The summed E-state index contributed by atoms with van der Waals surface area (Å²) in [7, 11) is 0. The SMILES string of the molecule is O=C1O[C@H](Nc2ccccc2F)c2ccccc21. The molecule has 2 aromatic carbocycles. The van der Waals surface area contributed by atoms with Gasteiger partial charge in [-0.05, 0) is 18.2 Å². The molecule has 3 rings (SSSR count). The fourth-order valence-corrected chi connectivity index (χ4v) is 1.97. The number of ether oxygens (including phenoxy) is 1. The molecule has 0 saturated heterocycles. The minimum atomic E-state index is -0.634. The molecule has 0 radical (unpaired) electrons. The molecule has 0 aromatic heterocycles. The fraction of sp³-hybridized carbons (Fsp3) is 0.0714. The summed E-state index contributed by atoms with van der Waals surface area (Å²) in [6.07, 6.45) is -0.634. The second-order valence-electron chi connectivity index (χ2n) is 4.00. The summed E-state index contributed by atoms with van der Waals surface area (Å²) < 4.78 is 18.7. The van der Waals surface area contributed by atoms with E-state index in [2.05, 4.69) is 5.32 Å². The Balaban J connectivity index is 1.92. The maximum absolute atomic E-state index is 13.5. The van der Waals surface area contributed by atoms with Crippen molar-refractivity contribution >= 4 is 11.7 Å². The number of benzene rings is 2. The molecular weight excluding hydrogens is 233 g/mol. The maximum atomic E-state index is 13.5. The summed E-state index contributed by atoms with van der Waals surface area (Å²) in [4.78, 5) is 11.6. The van der Waals surface area contributed by atoms with Gasteiger partial charge in [-0.15, -0.1) is 0 Å². The molecule has 18 heavy (non-hydrogen) atoms. The Labute approximate surface area is 103 Å². The highest BCUT2D eigenvalue weighted by Crippen LogP contribution is 2.31. The van der Waals surface area contributed by atoms with Gasteiger partial charge < -0.3 is 10.1 Å². The second kappa shape index (κ2) is 4.14. The van der Waals surface area contributed by atoms with Crippen LogP contribution < -0.4 is 5.32 Å². The van der Waals surface area contributed by atoms with Crippen LogP contribution in [-0.2, 0) is 4.74 Å². The van der Waals surface area contributed by atoms with Crippen molar-refractivity contribution in [3.05, 3.63) is 65.5 Å². The largest absolute Gasteiger partial charge is 0.434 e. The van der Waals surface area contributed by atoms with E-state index in [9.17, 15) is 9.18 Å². The third-order valence-corrected chi connectivity index (χ3v) is 2.85. The van der Waals surface area contributed by atoms with Crippen LogP contribution in [0.1, 0.15) is 22.1 Å². The number of esters is 1. The Hall–Kier alpha value is -2.36. The smallest absolute Gasteiger partial charge is 0.340 e. The van der Waals surface area contributed by atoms with Gasteiger partial charge in [-0.2, -0.15) is 0 Å². The van der Waals surface area contributed by atoms with Gasteiger partial charge in [0.25, 0.3) is 0 Å². The zero-order valence-corrected chi connectivity index (χ0v) is 9.39. The first-order valence-corrected chi connectivity index (χ1v) is 5.56. The lowest BCUT2D eigenvalue weighted by Crippen LogP contribution is -2.11. The van der Waals surface area contributed by atoms with Crippen molar-refractivity contribution in [3.8, 4) is 0 Å². The monoisotopic (exact) mass is 243 g/mol. The first-order valence-electron chi connectivity index (χ1n) is 5.56. The van der Waals surface area contributed by atoms with Crippen molar-refractivity contribution in [3.63, 3.8) is 0 Å². The molecule has 0 aliphatic carbocycles. The molecule has 0 amide bonds. The van der Waals surface area contributed by atoms with Crippen molar-refractivity contribution in [1.29, 1.82) is 0 Å². The highest BCUT2D eigenvalue weighted by atomic mass is 19.1. The molecule has 1 N–H and O–H groups in total. The summed E-state index contributed by atoms with van der Waals surface area (Å²) in [5.74, 6) is -0.766. The van der Waals surface area contributed by atoms with E-state index in [4.69, 9.17) is 4.74 Å². The average molecular weight is 243 g/mol. The molecule has 0 fully saturated rings. The molecule has 0 unspecified atom stereocenters. The number of nitrogens with one attached hydrogen (secondary N) is 1. The van der Waals surface area contributed by atoms with Crippen LogP contribution >= 0.6 is 0 Å². The van der Waals surface area contributed by atoms with Crippen molar-refractivity contribution in [2.24, 2.45) is 0 Å². The Morgan fingerprint density at radius 3 is 2.61 bits per heavy atom. The van der Waals surface area contributed by atoms with Gasteiger partial charge in [0.15, 0.2) is 0 Å². The molecule has 1 heterocycles. The molecule has 90 valence electrons. The predicted octanol–water partition coefficient (Wildman–Crippen LogP) is 3.11. The van der Waals surface area contributed by atoms with E-state index in [0.29, 0.717) is 11.3 Å². The zero-order valence-electron chi connectivity index (χ0n) is 9.39. The third kappa shape index (κ3) is 1.72. The lowest BCUT2D eigenvalue weighted by molar-refractivity contribution is 0.0436. The van der Waals surface area contributed by atoms with Gasteiger partial charge in [0.1, 0.15) is 5.82 Å². The van der Waals surface area contributed by atoms with E-state index >= 15 is 0 Å². The number of fused-ring (bicyclic) bond motifs is 1. The summed E-state index contributed by atoms with van der Waals surface area (Å²) in [5, 5.41) is 2.88. The van der Waals surface area contributed by atoms with E-state index in [-0.39, 0.29) is 11.8 Å². The highest BCUT2D eigenvalue weighted by molar-refractivity contribution is 5.94. The molecular formula is C14H10FNO2. The van der Waals surface area contributed by atoms with Crippen molar-refractivity contribution < 1.29 is 13.9 Å². The first kappa shape index (κ1) is 10.8. The number of para-hydroxylation sites is 1. The van der Waals surface area contributed by atoms with Crippen LogP contribution in [0.3, 0.4) is 0 Å². The quantitative estimate of drug-likeness (QED) is 0.823. The van der Waals surface area contributed by atoms with E-state index < -0.39 is 6.23 Å². The molecule has 1 aliphatic rings. The van der Waals surface area contributed by atoms with E-state index in [1.54, 1.807) is 36.4 Å². The molecule has 1 aliphatic heterocycles. The normalized spacial score (nSPS) is 17.2. The van der Waals surface area contributed by atoms with E-state index in [1.807, 2.05) is 6.07 Å². The predicted molar refractivity (Wildman–Crippen MR) is 64.6 cm³/mol. The highest BCUT2D eigenvalue weighted by Gasteiger charge is 2.30. The summed E-state index contributed by atoms with van der Waals surface area (Å²) in [6.45, 7) is 0. The topological polar surface area (TPSA) is 38.3 Å². The number of hydrogen-bond acceptors (Lipinski definition) is 3. The van der Waals surface area contributed by atoms with Crippen molar-refractivity contribution in [2.45, 2.75) is 6.23 Å². The van der Waals surface area contributed by atoms with Crippen LogP contribution in [0.5, 0.6) is 0 Å². The molecule has 0 spiro atoms. The molecule has 3 nitrogen and oxygen atoms in total. The zero-order chi connectivity index (χ0) is 12.5. The van der Waals surface area contributed by atoms with Gasteiger partial charge in [0, 0.05) is 5.56 Å². The summed E-state index contributed by atoms with van der Waals surface area (Å²) in [5.41, 5.74) is 1.56. The Kier molecular flexibility index (Phi) is 2.48. The van der Waals surface area contributed by atoms with Crippen molar-refractivity contribution in [2.75, 3.05) is 5.32 Å². The second-order valence-corrected chi connectivity index (χ2v) is 4.00. The molecule has 4 heteroatoms. The lowest BCUT2D eigenvalue weighted by atomic mass is 10.1. The van der Waals surface area contributed by atoms with Gasteiger partial charge in [-0.3, -0.25) is 0 Å². The van der Waals surface area contributed by atoms with Gasteiger partial charge in [-0.25, -0.2) is 9.18 Å². The summed E-state index contributed by atoms with van der Waals surface area (Å²) >= 11 is 0. The van der Waals surface area contributed by atoms with Crippen LogP contribution in [0, 0.1) is 5.82 Å². The van der Waals surface area contributed by atoms with Crippen LogP contribution in [0.25, 0.3) is 0 Å². The maximum Gasteiger partial charge on any atom is 0.340 e. The number of carbonyl (C=O) groups excluding carboxylic acids is 1. The fourth-order valence-electron chi connectivity index (χ4n) is 1.97. The molecule has 0 bridgehead atoms. The Morgan fingerprint density at radius 1 is 1.06 bits per heavy atom. The number of rotatable bonds is 2. The van der Waals surface area contributed by atoms with Gasteiger partial charge in [0.05, 0.1) is 11.3 Å². The van der Waals surface area contributed by atoms with Crippen LogP contribution in [0.4, 0.5) is 10.1 Å². The first-order chi connectivity index (χ1) is 8.75. The molecule has 0 saturated carbocycles. The van der Waals surface area contributed by atoms with Crippen molar-refractivity contribution in [1.82, 2.24) is 0 Å². The Bertz CT molecular complexity index is 612. The number of hydrogen-bond donors (Lipinski definition) is 1. The summed E-state index contributed by atoms with van der Waals surface area (Å²) in [6, 6.07) is 13.3. The van der Waals surface area contributed by atoms with Crippen LogP contribution in [-0.4, -0.2) is 5.97 Å². The van der Waals surface area contributed by atoms with Gasteiger partial charge in [-0.1, -0.05) is 30.3 Å². The van der Waals surface area contributed by atoms with E-state index in [1.165, 1.54) is 6.07 Å². The lowest BCUT2D eigenvalue weighted by Gasteiger charge is -2.14. The molecule has 2 aromatic rings. The minimum Gasteiger partial charge on any atom is -0.434 e. The number of cyclic esters (lactones) is 1. The van der Waals surface area contributed by atoms with Crippen LogP contribution in [0.2, 0.25) is 0 Å². The number of anilines is 1. The number of halogens is 1. The minimum absolute atomic E-state index is 0.312. The third-order valence-electron chi connectivity index (χ3n) is 2.85. The number of carbonyl (C=O) groups is 1. The standard InChI is InChI=1S/C14H10FNO2/c15-11-7-3-4-8-12(11)16-13-9-5-1-2-6-10(9)14(17)18-13/h1-8,13,16H/t13-/m0/s1. The van der Waals surface area contributed by atoms with Gasteiger partial charge in [0.2, 0.25) is 6.23 Å². The van der Waals surface area contributed by atoms with E-state index in [0.717, 1.165) is 5.56 Å². The molecule has 1 atom stereocenters. The Morgan fingerprint density at radius 2 is 1.78 bits per heavy atom.